The van der Waals surface area contributed by atoms with Gasteiger partial charge in [-0.2, -0.15) is 0 Å². The van der Waals surface area contributed by atoms with Gasteiger partial charge >= 0.3 is 0 Å². The van der Waals surface area contributed by atoms with Gasteiger partial charge in [0.2, 0.25) is 5.91 Å². The van der Waals surface area contributed by atoms with Crippen molar-refractivity contribution in [1.82, 2.24) is 20.2 Å². The minimum atomic E-state index is -0.526. The number of nitrogens with zero attached hydrogens (tertiary/aromatic N) is 2. The number of carbonyl (C=O) groups excluding carboxylic acids is 2. The zero-order chi connectivity index (χ0) is 25.5. The molecule has 1 saturated heterocycles. The van der Waals surface area contributed by atoms with E-state index in [1.807, 2.05) is 11.0 Å². The first-order chi connectivity index (χ1) is 18.0. The van der Waals surface area contributed by atoms with E-state index in [1.165, 1.54) is 13.2 Å². The fraction of sp³-hybridized carbons (Fsp3) is 0.370. The Labute approximate surface area is 213 Å². The number of halogens is 1. The number of methoxy groups -OCH3 is 1. The normalized spacial score (nSPS) is 21.0. The Kier molecular flexibility index (Phi) is 5.94. The van der Waals surface area contributed by atoms with E-state index >= 15 is 0 Å². The van der Waals surface area contributed by atoms with Crippen LogP contribution in [0.25, 0.3) is 11.3 Å². The molecule has 5 heterocycles. The van der Waals surface area contributed by atoms with Crippen LogP contribution >= 0.6 is 0 Å². The number of anilines is 2. The number of pyridine rings is 1. The highest BCUT2D eigenvalue weighted by Crippen LogP contribution is 2.44. The van der Waals surface area contributed by atoms with Gasteiger partial charge in [-0.05, 0) is 31.0 Å². The van der Waals surface area contributed by atoms with E-state index in [0.717, 1.165) is 19.4 Å². The lowest BCUT2D eigenvalue weighted by molar-refractivity contribution is -0.133. The molecule has 3 aliphatic heterocycles. The smallest absolute Gasteiger partial charge is 0.255 e. The highest BCUT2D eigenvalue weighted by atomic mass is 19.1. The molecule has 2 aromatic heterocycles. The largest absolute Gasteiger partial charge is 0.492 e. The maximum Gasteiger partial charge on any atom is 0.255 e. The number of amides is 2. The monoisotopic (exact) mass is 505 g/mol. The molecule has 2 atom stereocenters. The number of para-hydroxylation sites is 1. The third-order valence-electron chi connectivity index (χ3n) is 7.43. The van der Waals surface area contributed by atoms with Crippen molar-refractivity contribution in [1.29, 1.82) is 0 Å². The van der Waals surface area contributed by atoms with Gasteiger partial charge in [-0.15, -0.1) is 0 Å². The van der Waals surface area contributed by atoms with Crippen LogP contribution in [0.15, 0.2) is 36.7 Å². The van der Waals surface area contributed by atoms with Crippen LogP contribution < -0.4 is 20.1 Å². The quantitative estimate of drug-likeness (QED) is 0.500. The Morgan fingerprint density at radius 3 is 3.03 bits per heavy atom. The van der Waals surface area contributed by atoms with Crippen LogP contribution in [-0.2, 0) is 4.79 Å². The number of H-pyrrole nitrogens is 1. The van der Waals surface area contributed by atoms with Crippen molar-refractivity contribution in [3.05, 3.63) is 53.7 Å². The minimum Gasteiger partial charge on any atom is -0.492 e. The number of rotatable bonds is 3. The lowest BCUT2D eigenvalue weighted by Gasteiger charge is -2.34. The number of ether oxygens (including phenoxy) is 2. The SMILES string of the molecule is COc1c(F)cccc1Nc1c2[nH]c3c1C(=O)NCC3CC(=O)N1CCCC(COc3cnccc3-2)C1. The molecule has 3 N–H and O–H groups in total. The Balaban J connectivity index is 1.54. The first-order valence-electron chi connectivity index (χ1n) is 12.5. The predicted molar refractivity (Wildman–Crippen MR) is 135 cm³/mol. The second-order valence-electron chi connectivity index (χ2n) is 9.75. The number of fused-ring (bicyclic) bond motifs is 5. The van der Waals surface area contributed by atoms with Crippen molar-refractivity contribution in [3.63, 3.8) is 0 Å². The summed E-state index contributed by atoms with van der Waals surface area (Å²) in [7, 11) is 1.39. The molecular weight excluding hydrogens is 477 g/mol. The van der Waals surface area contributed by atoms with Gasteiger partial charge in [0, 0.05) is 55.3 Å². The van der Waals surface area contributed by atoms with Gasteiger partial charge in [0.1, 0.15) is 5.75 Å². The highest BCUT2D eigenvalue weighted by molar-refractivity contribution is 6.07. The first-order valence-corrected chi connectivity index (χ1v) is 12.5. The molecule has 192 valence electrons. The van der Waals surface area contributed by atoms with Crippen molar-refractivity contribution in [2.75, 3.05) is 38.7 Å². The van der Waals surface area contributed by atoms with E-state index in [2.05, 4.69) is 20.6 Å². The molecule has 1 fully saturated rings. The summed E-state index contributed by atoms with van der Waals surface area (Å²) in [4.78, 5) is 36.2. The molecule has 1 aromatic carbocycles. The van der Waals surface area contributed by atoms with Crippen molar-refractivity contribution in [2.24, 2.45) is 5.92 Å². The van der Waals surface area contributed by atoms with E-state index in [1.54, 1.807) is 24.5 Å². The van der Waals surface area contributed by atoms with E-state index < -0.39 is 5.82 Å². The van der Waals surface area contributed by atoms with Gasteiger partial charge in [-0.25, -0.2) is 4.39 Å². The third-order valence-corrected chi connectivity index (χ3v) is 7.43. The Bertz CT molecular complexity index is 1370. The van der Waals surface area contributed by atoms with Crippen molar-refractivity contribution >= 4 is 23.2 Å². The molecule has 0 radical (unpaired) electrons. The molecule has 3 aliphatic rings. The van der Waals surface area contributed by atoms with Crippen molar-refractivity contribution in [3.8, 4) is 22.8 Å². The fourth-order valence-corrected chi connectivity index (χ4v) is 5.60. The number of carbonyl (C=O) groups is 2. The van der Waals surface area contributed by atoms with Crippen LogP contribution in [0.3, 0.4) is 0 Å². The Hall–Kier alpha value is -4.08. The van der Waals surface area contributed by atoms with Crippen LogP contribution in [0.5, 0.6) is 11.5 Å². The van der Waals surface area contributed by atoms with Crippen LogP contribution in [-0.4, -0.2) is 60.0 Å². The minimum absolute atomic E-state index is 0.0348. The highest BCUT2D eigenvalue weighted by Gasteiger charge is 2.36. The molecule has 0 spiro atoms. The molecule has 3 aromatic rings. The van der Waals surface area contributed by atoms with Crippen LogP contribution in [0.1, 0.15) is 41.2 Å². The van der Waals surface area contributed by atoms with Gasteiger partial charge in [-0.3, -0.25) is 14.6 Å². The molecule has 4 bridgehead atoms. The number of benzene rings is 1. The average molecular weight is 506 g/mol. The lowest BCUT2D eigenvalue weighted by atomic mass is 9.91. The van der Waals surface area contributed by atoms with Gasteiger partial charge in [-0.1, -0.05) is 6.07 Å². The Morgan fingerprint density at radius 2 is 2.16 bits per heavy atom. The molecular formula is C27H28FN5O4. The number of hydrogen-bond donors (Lipinski definition) is 3. The molecule has 9 nitrogen and oxygen atoms in total. The van der Waals surface area contributed by atoms with Gasteiger partial charge in [0.25, 0.3) is 5.91 Å². The maximum atomic E-state index is 14.5. The van der Waals surface area contributed by atoms with Crippen LogP contribution in [0, 0.1) is 11.7 Å². The molecule has 0 aliphatic carbocycles. The summed E-state index contributed by atoms with van der Waals surface area (Å²) in [6.07, 6.45) is 5.51. The summed E-state index contributed by atoms with van der Waals surface area (Å²) in [5.41, 5.74) is 3.21. The molecule has 6 rings (SSSR count). The summed E-state index contributed by atoms with van der Waals surface area (Å²) >= 11 is 0. The zero-order valence-corrected chi connectivity index (χ0v) is 20.5. The molecule has 37 heavy (non-hydrogen) atoms. The van der Waals surface area contributed by atoms with Gasteiger partial charge in [0.15, 0.2) is 11.6 Å². The second kappa shape index (κ2) is 9.42. The molecule has 2 unspecified atom stereocenters. The average Bonchev–Trinajstić information content (AvgIpc) is 3.29. The van der Waals surface area contributed by atoms with Gasteiger partial charge < -0.3 is 30.0 Å². The summed E-state index contributed by atoms with van der Waals surface area (Å²) in [5.74, 6) is -0.158. The summed E-state index contributed by atoms with van der Waals surface area (Å²) in [5, 5.41) is 6.20. The summed E-state index contributed by atoms with van der Waals surface area (Å²) in [6.45, 7) is 2.17. The topological polar surface area (TPSA) is 109 Å². The summed E-state index contributed by atoms with van der Waals surface area (Å²) in [6, 6.07) is 6.39. The lowest BCUT2D eigenvalue weighted by Crippen LogP contribution is -2.43. The number of aromatic nitrogens is 2. The van der Waals surface area contributed by atoms with E-state index in [4.69, 9.17) is 9.47 Å². The van der Waals surface area contributed by atoms with Gasteiger partial charge in [0.05, 0.1) is 42.5 Å². The van der Waals surface area contributed by atoms with Crippen molar-refractivity contribution < 1.29 is 23.5 Å². The molecule has 2 amide bonds. The third kappa shape index (κ3) is 4.16. The predicted octanol–water partition coefficient (Wildman–Crippen LogP) is 3.82. The maximum absolute atomic E-state index is 14.5. The zero-order valence-electron chi connectivity index (χ0n) is 20.5. The number of hydrogen-bond acceptors (Lipinski definition) is 6. The van der Waals surface area contributed by atoms with E-state index in [0.29, 0.717) is 59.3 Å². The van der Waals surface area contributed by atoms with E-state index in [-0.39, 0.29) is 35.8 Å². The van der Waals surface area contributed by atoms with Crippen molar-refractivity contribution in [2.45, 2.75) is 25.2 Å². The number of piperidine rings is 1. The Morgan fingerprint density at radius 1 is 1.27 bits per heavy atom. The standard InChI is InChI=1S/C27H28FN5O4/c1-36-26-18(28)5-2-6-19(26)31-25-22-23-16(11-30-27(22)35)10-21(34)33-9-3-4-15(13-33)14-37-20-12-29-8-7-17(20)24(25)32-23/h2,5-8,12,15-16,31-32H,3-4,9-11,13-14H2,1H3,(H,30,35). The van der Waals surface area contributed by atoms with E-state index in [9.17, 15) is 14.0 Å². The summed E-state index contributed by atoms with van der Waals surface area (Å²) < 4.78 is 26.1. The number of aromatic amines is 1. The second-order valence-corrected chi connectivity index (χ2v) is 9.75. The number of nitrogens with one attached hydrogen (secondary N) is 3. The first kappa shape index (κ1) is 23.3. The molecule has 10 heteroatoms. The van der Waals surface area contributed by atoms with Crippen LogP contribution in [0.4, 0.5) is 15.8 Å². The molecule has 0 saturated carbocycles. The fourth-order valence-electron chi connectivity index (χ4n) is 5.60. The van der Waals surface area contributed by atoms with Crippen LogP contribution in [0.2, 0.25) is 0 Å².